The van der Waals surface area contributed by atoms with Crippen molar-refractivity contribution in [2.24, 2.45) is 0 Å². The first kappa shape index (κ1) is 15.4. The van der Waals surface area contributed by atoms with Gasteiger partial charge in [0.15, 0.2) is 0 Å². The first-order chi connectivity index (χ1) is 10.5. The lowest BCUT2D eigenvalue weighted by molar-refractivity contribution is -0.387. The van der Waals surface area contributed by atoms with Crippen LogP contribution in [0.2, 0.25) is 0 Å². The molecule has 2 aromatic rings. The summed E-state index contributed by atoms with van der Waals surface area (Å²) in [5, 5.41) is 11.2. The second-order valence-electron chi connectivity index (χ2n) is 4.65. The molecule has 0 amide bonds. The third-order valence-electron chi connectivity index (χ3n) is 3.08. The Bertz CT molecular complexity index is 819. The van der Waals surface area contributed by atoms with Crippen molar-refractivity contribution in [2.75, 3.05) is 0 Å². The molecule has 0 aliphatic rings. The largest absolute Gasteiger partial charge is 0.357 e. The van der Waals surface area contributed by atoms with Crippen molar-refractivity contribution in [1.29, 1.82) is 0 Å². The maximum atomic E-state index is 11.9. The van der Waals surface area contributed by atoms with Gasteiger partial charge in [0.2, 0.25) is 0 Å². The zero-order valence-corrected chi connectivity index (χ0v) is 12.0. The van der Waals surface area contributed by atoms with E-state index in [1.165, 1.54) is 10.6 Å². The third kappa shape index (κ3) is 3.20. The molecular formula is C15H15N3O4. The van der Waals surface area contributed by atoms with E-state index in [1.807, 2.05) is 42.2 Å². The second-order valence-corrected chi connectivity index (χ2v) is 4.65. The van der Waals surface area contributed by atoms with Crippen molar-refractivity contribution < 1.29 is 4.92 Å². The summed E-state index contributed by atoms with van der Waals surface area (Å²) in [5.74, 6) is 0. The van der Waals surface area contributed by atoms with Crippen LogP contribution in [0.5, 0.6) is 0 Å². The number of aromatic amines is 1. The van der Waals surface area contributed by atoms with E-state index in [0.29, 0.717) is 6.42 Å². The van der Waals surface area contributed by atoms with Gasteiger partial charge in [0.05, 0.1) is 4.92 Å². The molecule has 2 rings (SSSR count). The normalized spacial score (nSPS) is 11.0. The molecule has 1 aromatic heterocycles. The molecule has 0 aliphatic carbocycles. The van der Waals surface area contributed by atoms with Crippen LogP contribution in [0, 0.1) is 10.1 Å². The summed E-state index contributed by atoms with van der Waals surface area (Å²) >= 11 is 0. The maximum absolute atomic E-state index is 11.9. The highest BCUT2D eigenvalue weighted by atomic mass is 16.6. The summed E-state index contributed by atoms with van der Waals surface area (Å²) in [5.41, 5.74) is -1.45. The Morgan fingerprint density at radius 1 is 1.23 bits per heavy atom. The first-order valence-corrected chi connectivity index (χ1v) is 6.79. The molecule has 7 nitrogen and oxygen atoms in total. The number of nitro groups is 1. The summed E-state index contributed by atoms with van der Waals surface area (Å²) < 4.78 is 1.21. The minimum Gasteiger partial charge on any atom is -0.288 e. The molecule has 0 unspecified atom stereocenters. The van der Waals surface area contributed by atoms with Gasteiger partial charge >= 0.3 is 16.9 Å². The van der Waals surface area contributed by atoms with Crippen molar-refractivity contribution in [1.82, 2.24) is 9.55 Å². The molecule has 0 saturated carbocycles. The Labute approximate surface area is 125 Å². The van der Waals surface area contributed by atoms with Crippen LogP contribution < -0.4 is 11.2 Å². The Hall–Kier alpha value is -2.96. The fraction of sp³-hybridized carbons (Fsp3) is 0.200. The van der Waals surface area contributed by atoms with Crippen molar-refractivity contribution >= 4 is 17.8 Å². The number of hydrogen-bond donors (Lipinski definition) is 1. The van der Waals surface area contributed by atoms with Crippen LogP contribution in [0.1, 0.15) is 24.6 Å². The van der Waals surface area contributed by atoms with Crippen LogP contribution in [-0.4, -0.2) is 14.5 Å². The van der Waals surface area contributed by atoms with Crippen LogP contribution >= 0.6 is 0 Å². The number of benzene rings is 1. The van der Waals surface area contributed by atoms with E-state index < -0.39 is 21.9 Å². The van der Waals surface area contributed by atoms with Crippen LogP contribution in [0.3, 0.4) is 0 Å². The number of H-pyrrole nitrogens is 1. The molecule has 1 aromatic carbocycles. The van der Waals surface area contributed by atoms with Crippen molar-refractivity contribution in [3.05, 3.63) is 72.5 Å². The van der Waals surface area contributed by atoms with Crippen LogP contribution in [-0.2, 0) is 6.54 Å². The number of hydrogen-bond acceptors (Lipinski definition) is 4. The number of aromatic nitrogens is 2. The molecule has 7 heteroatoms. The summed E-state index contributed by atoms with van der Waals surface area (Å²) in [4.78, 5) is 36.0. The average Bonchev–Trinajstić information content (AvgIpc) is 2.48. The van der Waals surface area contributed by atoms with Gasteiger partial charge in [-0.25, -0.2) is 4.79 Å². The van der Waals surface area contributed by atoms with E-state index >= 15 is 0 Å². The Morgan fingerprint density at radius 2 is 1.91 bits per heavy atom. The number of nitrogens with one attached hydrogen (secondary N) is 1. The van der Waals surface area contributed by atoms with Gasteiger partial charge in [-0.3, -0.25) is 24.5 Å². The number of nitrogens with zero attached hydrogens (tertiary/aromatic N) is 2. The SMILES string of the molecule is CCCn1c(/C=C/c2ccccc2)c([N+](=O)[O-])c(=O)[nH]c1=O. The third-order valence-corrected chi connectivity index (χ3v) is 3.08. The van der Waals surface area contributed by atoms with E-state index in [1.54, 1.807) is 6.08 Å². The van der Waals surface area contributed by atoms with Gasteiger partial charge in [0.1, 0.15) is 5.69 Å². The predicted molar refractivity (Wildman–Crippen MR) is 83.6 cm³/mol. The van der Waals surface area contributed by atoms with Crippen molar-refractivity contribution in [3.63, 3.8) is 0 Å². The standard InChI is InChI=1S/C15H15N3O4/c1-2-10-17-12(9-8-11-6-4-3-5-7-11)13(18(21)22)14(19)16-15(17)20/h3-9H,2,10H2,1H3,(H,16,19,20)/b9-8+. The van der Waals surface area contributed by atoms with Crippen LogP contribution in [0.15, 0.2) is 39.9 Å². The van der Waals surface area contributed by atoms with Gasteiger partial charge in [0, 0.05) is 6.54 Å². The van der Waals surface area contributed by atoms with E-state index in [2.05, 4.69) is 0 Å². The molecule has 0 atom stereocenters. The van der Waals surface area contributed by atoms with Crippen LogP contribution in [0.4, 0.5) is 5.69 Å². The predicted octanol–water partition coefficient (Wildman–Crippen LogP) is 2.03. The van der Waals surface area contributed by atoms with Crippen molar-refractivity contribution in [2.45, 2.75) is 19.9 Å². The fourth-order valence-corrected chi connectivity index (χ4v) is 2.11. The summed E-state index contributed by atoms with van der Waals surface area (Å²) in [6.45, 7) is 2.12. The van der Waals surface area contributed by atoms with Gasteiger partial charge < -0.3 is 0 Å². The van der Waals surface area contributed by atoms with Crippen LogP contribution in [0.25, 0.3) is 12.2 Å². The van der Waals surface area contributed by atoms with Gasteiger partial charge in [-0.05, 0) is 18.1 Å². The van der Waals surface area contributed by atoms with Gasteiger partial charge in [-0.2, -0.15) is 0 Å². The average molecular weight is 301 g/mol. The van der Waals surface area contributed by atoms with Gasteiger partial charge in [-0.1, -0.05) is 43.3 Å². The molecular weight excluding hydrogens is 286 g/mol. The van der Waals surface area contributed by atoms with Crippen molar-refractivity contribution in [3.8, 4) is 0 Å². The van der Waals surface area contributed by atoms with E-state index in [9.17, 15) is 19.7 Å². The topological polar surface area (TPSA) is 98.0 Å². The molecule has 114 valence electrons. The van der Waals surface area contributed by atoms with Gasteiger partial charge in [0.25, 0.3) is 0 Å². The molecule has 0 bridgehead atoms. The Balaban J connectivity index is 2.65. The van der Waals surface area contributed by atoms with E-state index in [0.717, 1.165) is 5.56 Å². The lowest BCUT2D eigenvalue weighted by Crippen LogP contribution is -2.33. The molecule has 0 aliphatic heterocycles. The molecule has 0 radical (unpaired) electrons. The monoisotopic (exact) mass is 301 g/mol. The molecule has 0 fully saturated rings. The van der Waals surface area contributed by atoms with Gasteiger partial charge in [-0.15, -0.1) is 0 Å². The lowest BCUT2D eigenvalue weighted by atomic mass is 10.2. The van der Waals surface area contributed by atoms with E-state index in [-0.39, 0.29) is 12.2 Å². The second kappa shape index (κ2) is 6.66. The highest BCUT2D eigenvalue weighted by Gasteiger charge is 2.22. The highest BCUT2D eigenvalue weighted by Crippen LogP contribution is 2.15. The lowest BCUT2D eigenvalue weighted by Gasteiger charge is -2.08. The molecule has 0 spiro atoms. The zero-order valence-electron chi connectivity index (χ0n) is 12.0. The maximum Gasteiger partial charge on any atom is 0.357 e. The first-order valence-electron chi connectivity index (χ1n) is 6.79. The Kier molecular flexibility index (Phi) is 4.67. The quantitative estimate of drug-likeness (QED) is 0.674. The smallest absolute Gasteiger partial charge is 0.288 e. The molecule has 0 saturated heterocycles. The number of rotatable bonds is 5. The minimum absolute atomic E-state index is 0.00412. The molecule has 1 N–H and O–H groups in total. The molecule has 1 heterocycles. The summed E-state index contributed by atoms with van der Waals surface area (Å²) in [6, 6.07) is 9.13. The zero-order chi connectivity index (χ0) is 16.1. The molecule has 22 heavy (non-hydrogen) atoms. The highest BCUT2D eigenvalue weighted by molar-refractivity contribution is 5.71. The fourth-order valence-electron chi connectivity index (χ4n) is 2.11. The van der Waals surface area contributed by atoms with E-state index in [4.69, 9.17) is 0 Å². The summed E-state index contributed by atoms with van der Waals surface area (Å²) in [7, 11) is 0. The summed E-state index contributed by atoms with van der Waals surface area (Å²) in [6.07, 6.45) is 3.67. The Morgan fingerprint density at radius 3 is 2.50 bits per heavy atom. The minimum atomic E-state index is -0.991.